The van der Waals surface area contributed by atoms with Crippen LogP contribution in [0.4, 0.5) is 13.2 Å². The van der Waals surface area contributed by atoms with Gasteiger partial charge in [-0.1, -0.05) is 6.07 Å². The molecule has 1 aliphatic carbocycles. The van der Waals surface area contributed by atoms with E-state index < -0.39 is 11.9 Å². The van der Waals surface area contributed by atoms with Gasteiger partial charge in [-0.3, -0.25) is 9.78 Å². The SMILES string of the molecule is O=C1CCCC(c2ccc(C(F)(F)F)nc2)C1. The first-order valence-electron chi connectivity index (χ1n) is 5.51. The van der Waals surface area contributed by atoms with E-state index in [0.29, 0.717) is 12.8 Å². The van der Waals surface area contributed by atoms with E-state index in [1.54, 1.807) is 0 Å². The smallest absolute Gasteiger partial charge is 0.300 e. The predicted molar refractivity (Wildman–Crippen MR) is 55.5 cm³/mol. The van der Waals surface area contributed by atoms with E-state index in [1.165, 1.54) is 12.3 Å². The fraction of sp³-hybridized carbons (Fsp3) is 0.500. The van der Waals surface area contributed by atoms with Gasteiger partial charge in [-0.25, -0.2) is 0 Å². The number of hydrogen-bond donors (Lipinski definition) is 0. The molecule has 0 N–H and O–H groups in total. The number of aromatic nitrogens is 1. The average molecular weight is 243 g/mol. The van der Waals surface area contributed by atoms with Crippen LogP contribution >= 0.6 is 0 Å². The molecular weight excluding hydrogens is 231 g/mol. The first-order chi connectivity index (χ1) is 7.97. The lowest BCUT2D eigenvalue weighted by molar-refractivity contribution is -0.141. The third-order valence-electron chi connectivity index (χ3n) is 3.03. The quantitative estimate of drug-likeness (QED) is 0.757. The summed E-state index contributed by atoms with van der Waals surface area (Å²) in [6.45, 7) is 0. The molecule has 0 radical (unpaired) electrons. The third kappa shape index (κ3) is 2.84. The minimum absolute atomic E-state index is 0.0334. The van der Waals surface area contributed by atoms with E-state index in [0.717, 1.165) is 24.5 Å². The normalized spacial score (nSPS) is 21.6. The van der Waals surface area contributed by atoms with Crippen molar-refractivity contribution in [3.63, 3.8) is 0 Å². The summed E-state index contributed by atoms with van der Waals surface area (Å²) in [6.07, 6.45) is -0.492. The van der Waals surface area contributed by atoms with Crippen LogP contribution in [-0.4, -0.2) is 10.8 Å². The van der Waals surface area contributed by atoms with Gasteiger partial charge in [-0.05, 0) is 30.4 Å². The molecule has 17 heavy (non-hydrogen) atoms. The first-order valence-corrected chi connectivity index (χ1v) is 5.51. The minimum Gasteiger partial charge on any atom is -0.300 e. The number of carbonyl (C=O) groups is 1. The molecule has 1 unspecified atom stereocenters. The number of pyridine rings is 1. The highest BCUT2D eigenvalue weighted by molar-refractivity contribution is 5.80. The number of rotatable bonds is 1. The lowest BCUT2D eigenvalue weighted by atomic mass is 9.84. The molecule has 0 spiro atoms. The van der Waals surface area contributed by atoms with Gasteiger partial charge < -0.3 is 0 Å². The summed E-state index contributed by atoms with van der Waals surface area (Å²) in [5.74, 6) is 0.215. The van der Waals surface area contributed by atoms with Crippen molar-refractivity contribution >= 4 is 5.78 Å². The zero-order valence-electron chi connectivity index (χ0n) is 9.13. The van der Waals surface area contributed by atoms with Crippen LogP contribution in [0, 0.1) is 0 Å². The molecule has 1 fully saturated rings. The van der Waals surface area contributed by atoms with E-state index in [9.17, 15) is 18.0 Å². The van der Waals surface area contributed by atoms with Crippen molar-refractivity contribution in [3.8, 4) is 0 Å². The Morgan fingerprint density at radius 1 is 1.29 bits per heavy atom. The molecule has 0 aromatic carbocycles. The number of nitrogens with zero attached hydrogens (tertiary/aromatic N) is 1. The van der Waals surface area contributed by atoms with Crippen molar-refractivity contribution in [2.75, 3.05) is 0 Å². The fourth-order valence-corrected chi connectivity index (χ4v) is 2.12. The van der Waals surface area contributed by atoms with Crippen LogP contribution in [0.2, 0.25) is 0 Å². The average Bonchev–Trinajstić information content (AvgIpc) is 2.28. The highest BCUT2D eigenvalue weighted by atomic mass is 19.4. The Balaban J connectivity index is 2.15. The maximum Gasteiger partial charge on any atom is 0.433 e. The Hall–Kier alpha value is -1.39. The summed E-state index contributed by atoms with van der Waals surface area (Å²) in [5.41, 5.74) is -0.158. The van der Waals surface area contributed by atoms with Crippen molar-refractivity contribution in [2.45, 2.75) is 37.8 Å². The number of halogens is 3. The van der Waals surface area contributed by atoms with Gasteiger partial charge in [0.2, 0.25) is 0 Å². The molecule has 0 bridgehead atoms. The topological polar surface area (TPSA) is 30.0 Å². The Morgan fingerprint density at radius 2 is 2.06 bits per heavy atom. The van der Waals surface area contributed by atoms with Crippen molar-refractivity contribution in [3.05, 3.63) is 29.6 Å². The maximum atomic E-state index is 12.3. The minimum atomic E-state index is -4.40. The predicted octanol–water partition coefficient (Wildman–Crippen LogP) is 3.33. The molecular formula is C12H12F3NO. The van der Waals surface area contributed by atoms with Gasteiger partial charge in [0.05, 0.1) is 0 Å². The summed E-state index contributed by atoms with van der Waals surface area (Å²) in [6, 6.07) is 2.41. The maximum absolute atomic E-state index is 12.3. The van der Waals surface area contributed by atoms with Crippen molar-refractivity contribution in [1.82, 2.24) is 4.98 Å². The van der Waals surface area contributed by atoms with Crippen LogP contribution < -0.4 is 0 Å². The molecule has 92 valence electrons. The van der Waals surface area contributed by atoms with Crippen LogP contribution in [-0.2, 0) is 11.0 Å². The fourth-order valence-electron chi connectivity index (χ4n) is 2.12. The molecule has 1 aromatic rings. The second kappa shape index (κ2) is 4.47. The molecule has 2 rings (SSSR count). The summed E-state index contributed by atoms with van der Waals surface area (Å²) in [7, 11) is 0. The highest BCUT2D eigenvalue weighted by Gasteiger charge is 2.32. The van der Waals surface area contributed by atoms with Gasteiger partial charge in [0.1, 0.15) is 11.5 Å². The van der Waals surface area contributed by atoms with Gasteiger partial charge in [0, 0.05) is 19.0 Å². The zero-order valence-corrected chi connectivity index (χ0v) is 9.13. The second-order valence-corrected chi connectivity index (χ2v) is 4.31. The highest BCUT2D eigenvalue weighted by Crippen LogP contribution is 2.32. The van der Waals surface area contributed by atoms with Gasteiger partial charge in [0.25, 0.3) is 0 Å². The standard InChI is InChI=1S/C12H12F3NO/c13-12(14,15)11-5-4-9(7-16-11)8-2-1-3-10(17)6-8/h4-5,7-8H,1-3,6H2. The Labute approximate surface area is 96.9 Å². The third-order valence-corrected chi connectivity index (χ3v) is 3.03. The monoisotopic (exact) mass is 243 g/mol. The van der Waals surface area contributed by atoms with E-state index in [4.69, 9.17) is 0 Å². The molecule has 1 atom stereocenters. The van der Waals surface area contributed by atoms with Gasteiger partial charge in [-0.2, -0.15) is 13.2 Å². The molecule has 2 nitrogen and oxygen atoms in total. The number of carbonyl (C=O) groups excluding carboxylic acids is 1. The number of hydrogen-bond acceptors (Lipinski definition) is 2. The van der Waals surface area contributed by atoms with Crippen LogP contribution in [0.1, 0.15) is 42.9 Å². The molecule has 1 heterocycles. The van der Waals surface area contributed by atoms with Gasteiger partial charge in [-0.15, -0.1) is 0 Å². The number of ketones is 1. The van der Waals surface area contributed by atoms with Gasteiger partial charge >= 0.3 is 6.18 Å². The Bertz CT molecular complexity index is 411. The second-order valence-electron chi connectivity index (χ2n) is 4.31. The summed E-state index contributed by atoms with van der Waals surface area (Å²) >= 11 is 0. The van der Waals surface area contributed by atoms with Crippen LogP contribution in [0.25, 0.3) is 0 Å². The summed E-state index contributed by atoms with van der Waals surface area (Å²) < 4.78 is 36.9. The van der Waals surface area contributed by atoms with Gasteiger partial charge in [0.15, 0.2) is 0 Å². The molecule has 0 aliphatic heterocycles. The Kier molecular flexibility index (Phi) is 3.17. The molecule has 0 saturated heterocycles. The lowest BCUT2D eigenvalue weighted by Gasteiger charge is -2.21. The van der Waals surface area contributed by atoms with Crippen molar-refractivity contribution in [1.29, 1.82) is 0 Å². The molecule has 0 amide bonds. The van der Waals surface area contributed by atoms with Crippen LogP contribution in [0.3, 0.4) is 0 Å². The van der Waals surface area contributed by atoms with Crippen LogP contribution in [0.5, 0.6) is 0 Å². The lowest BCUT2D eigenvalue weighted by Crippen LogP contribution is -2.14. The van der Waals surface area contributed by atoms with E-state index in [-0.39, 0.29) is 11.7 Å². The van der Waals surface area contributed by atoms with E-state index in [2.05, 4.69) is 4.98 Å². The summed E-state index contributed by atoms with van der Waals surface area (Å²) in [4.78, 5) is 14.7. The molecule has 5 heteroatoms. The number of Topliss-reactive ketones (excluding diaryl/α,β-unsaturated/α-hetero) is 1. The summed E-state index contributed by atoms with van der Waals surface area (Å²) in [5, 5.41) is 0. The molecule has 1 aliphatic rings. The Morgan fingerprint density at radius 3 is 2.59 bits per heavy atom. The largest absolute Gasteiger partial charge is 0.433 e. The van der Waals surface area contributed by atoms with Crippen molar-refractivity contribution < 1.29 is 18.0 Å². The molecule has 1 aromatic heterocycles. The van der Waals surface area contributed by atoms with E-state index >= 15 is 0 Å². The molecule has 1 saturated carbocycles. The van der Waals surface area contributed by atoms with E-state index in [1.807, 2.05) is 0 Å². The first kappa shape index (κ1) is 12.1. The van der Waals surface area contributed by atoms with Crippen LogP contribution in [0.15, 0.2) is 18.3 Å². The van der Waals surface area contributed by atoms with Crippen molar-refractivity contribution in [2.24, 2.45) is 0 Å². The zero-order chi connectivity index (χ0) is 12.5. The number of alkyl halides is 3.